The summed E-state index contributed by atoms with van der Waals surface area (Å²) < 4.78 is 37.5. The first-order valence-corrected chi connectivity index (χ1v) is 12.3. The largest absolute Gasteiger partial charge is 0.493 e. The van der Waals surface area contributed by atoms with Crippen molar-refractivity contribution >= 4 is 44.4 Å². The average Bonchev–Trinajstić information content (AvgIpc) is 3.18. The molecule has 9 heteroatoms. The van der Waals surface area contributed by atoms with Crippen LogP contribution in [0.25, 0.3) is 0 Å². The lowest BCUT2D eigenvalue weighted by atomic mass is 9.90. The fraction of sp³-hybridized carbons (Fsp3) is 0.227. The van der Waals surface area contributed by atoms with Crippen molar-refractivity contribution in [1.29, 1.82) is 0 Å². The molecule has 1 aromatic heterocycles. The molecule has 1 unspecified atom stereocenters. The van der Waals surface area contributed by atoms with Crippen molar-refractivity contribution < 1.29 is 22.7 Å². The van der Waals surface area contributed by atoms with Crippen molar-refractivity contribution in [2.45, 2.75) is 29.1 Å². The van der Waals surface area contributed by atoms with Gasteiger partial charge in [0.2, 0.25) is 15.7 Å². The fourth-order valence-electron chi connectivity index (χ4n) is 3.59. The predicted octanol–water partition coefficient (Wildman–Crippen LogP) is 5.12. The van der Waals surface area contributed by atoms with Crippen LogP contribution in [0.1, 0.15) is 29.7 Å². The number of methoxy groups -OCH3 is 1. The number of nitrogens with one attached hydrogen (secondary N) is 1. The second-order valence-electron chi connectivity index (χ2n) is 6.94. The van der Waals surface area contributed by atoms with Crippen LogP contribution in [0.15, 0.2) is 57.6 Å². The van der Waals surface area contributed by atoms with Crippen LogP contribution in [0.3, 0.4) is 0 Å². The topological polar surface area (TPSA) is 81.7 Å². The molecule has 31 heavy (non-hydrogen) atoms. The van der Waals surface area contributed by atoms with E-state index >= 15 is 0 Å². The van der Waals surface area contributed by atoms with Crippen molar-refractivity contribution in [1.82, 2.24) is 0 Å². The highest BCUT2D eigenvalue weighted by Crippen LogP contribution is 2.47. The van der Waals surface area contributed by atoms with E-state index in [1.807, 2.05) is 19.1 Å². The minimum Gasteiger partial charge on any atom is -0.493 e. The number of ether oxygens (including phenoxy) is 2. The summed E-state index contributed by atoms with van der Waals surface area (Å²) >= 11 is 7.21. The van der Waals surface area contributed by atoms with Gasteiger partial charge >= 0.3 is 0 Å². The molecule has 3 aromatic rings. The molecule has 1 amide bonds. The standard InChI is InChI=1S/C22H20ClNO5S2/c1-3-29-18-10-13(4-9-17(18)28-2)16-11-20(25)24-21-19(12-30-22(16)21)31(26,27)15-7-5-14(23)6-8-15/h4-10,12,16H,3,11H2,1-2H3,(H,24,25). The molecule has 0 saturated carbocycles. The summed E-state index contributed by atoms with van der Waals surface area (Å²) in [4.78, 5) is 13.5. The quantitative estimate of drug-likeness (QED) is 0.533. The van der Waals surface area contributed by atoms with Gasteiger partial charge in [-0.2, -0.15) is 0 Å². The van der Waals surface area contributed by atoms with Gasteiger partial charge in [-0.25, -0.2) is 8.42 Å². The molecule has 6 nitrogen and oxygen atoms in total. The second-order valence-corrected chi connectivity index (χ2v) is 10.2. The van der Waals surface area contributed by atoms with E-state index in [1.165, 1.54) is 35.6 Å². The number of carbonyl (C=O) groups excluding carboxylic acids is 1. The third-order valence-electron chi connectivity index (χ3n) is 5.06. The molecule has 1 aliphatic rings. The van der Waals surface area contributed by atoms with Gasteiger partial charge in [0.15, 0.2) is 11.5 Å². The van der Waals surface area contributed by atoms with E-state index in [2.05, 4.69) is 5.32 Å². The van der Waals surface area contributed by atoms with Crippen LogP contribution in [-0.4, -0.2) is 28.0 Å². The highest BCUT2D eigenvalue weighted by molar-refractivity contribution is 7.91. The highest BCUT2D eigenvalue weighted by atomic mass is 35.5. The van der Waals surface area contributed by atoms with Crippen molar-refractivity contribution in [3.63, 3.8) is 0 Å². The molecule has 0 bridgehead atoms. The smallest absolute Gasteiger partial charge is 0.225 e. The van der Waals surface area contributed by atoms with Gasteiger partial charge in [-0.1, -0.05) is 17.7 Å². The summed E-state index contributed by atoms with van der Waals surface area (Å²) in [6.07, 6.45) is 0.214. The van der Waals surface area contributed by atoms with Gasteiger partial charge in [-0.15, -0.1) is 11.3 Å². The number of anilines is 1. The van der Waals surface area contributed by atoms with E-state index < -0.39 is 9.84 Å². The minimum absolute atomic E-state index is 0.0893. The normalized spacial score (nSPS) is 15.8. The van der Waals surface area contributed by atoms with Crippen LogP contribution < -0.4 is 14.8 Å². The average molecular weight is 478 g/mol. The Morgan fingerprint density at radius 3 is 2.58 bits per heavy atom. The number of amides is 1. The monoisotopic (exact) mass is 477 g/mol. The SMILES string of the molecule is CCOc1cc(C2CC(=O)Nc3c(S(=O)(=O)c4ccc(Cl)cc4)csc32)ccc1OC. The number of sulfone groups is 1. The number of rotatable bonds is 6. The van der Waals surface area contributed by atoms with Gasteiger partial charge in [0.1, 0.15) is 4.90 Å². The number of benzene rings is 2. The Bertz CT molecular complexity index is 1240. The van der Waals surface area contributed by atoms with Gasteiger partial charge in [-0.05, 0) is 48.9 Å². The van der Waals surface area contributed by atoms with Crippen molar-refractivity contribution in [2.24, 2.45) is 0 Å². The lowest BCUT2D eigenvalue weighted by Gasteiger charge is -2.24. The third-order valence-corrected chi connectivity index (χ3v) is 8.35. The molecular formula is C22H20ClNO5S2. The summed E-state index contributed by atoms with van der Waals surface area (Å²) in [6, 6.07) is 11.5. The summed E-state index contributed by atoms with van der Waals surface area (Å²) in [5, 5.41) is 4.80. The lowest BCUT2D eigenvalue weighted by molar-refractivity contribution is -0.116. The zero-order valence-corrected chi connectivity index (χ0v) is 19.2. The van der Waals surface area contributed by atoms with Crippen LogP contribution in [0, 0.1) is 0 Å². The van der Waals surface area contributed by atoms with Crippen molar-refractivity contribution in [2.75, 3.05) is 19.0 Å². The van der Waals surface area contributed by atoms with Gasteiger partial charge < -0.3 is 14.8 Å². The molecule has 0 aliphatic carbocycles. The molecule has 0 radical (unpaired) electrons. The third kappa shape index (κ3) is 4.03. The summed E-state index contributed by atoms with van der Waals surface area (Å²) in [7, 11) is -2.25. The Morgan fingerprint density at radius 2 is 1.90 bits per heavy atom. The van der Waals surface area contributed by atoms with Crippen LogP contribution in [-0.2, 0) is 14.6 Å². The number of thiophene rings is 1. The Labute approximate surface area is 189 Å². The van der Waals surface area contributed by atoms with Crippen molar-refractivity contribution in [3.8, 4) is 11.5 Å². The first-order chi connectivity index (χ1) is 14.8. The summed E-state index contributed by atoms with van der Waals surface area (Å²) in [6.45, 7) is 2.35. The van der Waals surface area contributed by atoms with Crippen LogP contribution >= 0.6 is 22.9 Å². The molecule has 4 rings (SSSR count). The van der Waals surface area contributed by atoms with Crippen molar-refractivity contribution in [3.05, 3.63) is 63.3 Å². The maximum Gasteiger partial charge on any atom is 0.225 e. The lowest BCUT2D eigenvalue weighted by Crippen LogP contribution is -2.23. The number of halogens is 1. The van der Waals surface area contributed by atoms with E-state index in [0.29, 0.717) is 28.8 Å². The first-order valence-electron chi connectivity index (χ1n) is 9.57. The molecule has 0 spiro atoms. The molecule has 1 aliphatic heterocycles. The molecule has 162 valence electrons. The number of hydrogen-bond acceptors (Lipinski definition) is 6. The van der Waals surface area contributed by atoms with Gasteiger partial charge in [0, 0.05) is 27.6 Å². The van der Waals surface area contributed by atoms with E-state index in [-0.39, 0.29) is 28.0 Å². The molecule has 2 heterocycles. The summed E-state index contributed by atoms with van der Waals surface area (Å²) in [5.41, 5.74) is 1.20. The Morgan fingerprint density at radius 1 is 1.16 bits per heavy atom. The fourth-order valence-corrected chi connectivity index (χ4v) is 6.62. The predicted molar refractivity (Wildman–Crippen MR) is 120 cm³/mol. The second kappa shape index (κ2) is 8.53. The maximum absolute atomic E-state index is 13.2. The highest BCUT2D eigenvalue weighted by Gasteiger charge is 2.34. The van der Waals surface area contributed by atoms with E-state index in [4.69, 9.17) is 21.1 Å². The van der Waals surface area contributed by atoms with Crippen LogP contribution in [0.4, 0.5) is 5.69 Å². The zero-order valence-electron chi connectivity index (χ0n) is 16.8. The number of fused-ring (bicyclic) bond motifs is 1. The number of carbonyl (C=O) groups is 1. The first kappa shape index (κ1) is 21.7. The summed E-state index contributed by atoms with van der Waals surface area (Å²) in [5.74, 6) is 0.661. The zero-order chi connectivity index (χ0) is 22.2. The molecule has 0 saturated heterocycles. The molecule has 1 N–H and O–H groups in total. The van der Waals surface area contributed by atoms with E-state index in [0.717, 1.165) is 10.4 Å². The Hall–Kier alpha value is -2.55. The van der Waals surface area contributed by atoms with E-state index in [1.54, 1.807) is 18.6 Å². The van der Waals surface area contributed by atoms with Gasteiger partial charge in [0.25, 0.3) is 0 Å². The molecule has 0 fully saturated rings. The maximum atomic E-state index is 13.2. The van der Waals surface area contributed by atoms with E-state index in [9.17, 15) is 13.2 Å². The molecular weight excluding hydrogens is 458 g/mol. The molecule has 2 aromatic carbocycles. The van der Waals surface area contributed by atoms with Gasteiger partial charge in [-0.3, -0.25) is 4.79 Å². The minimum atomic E-state index is -3.82. The van der Waals surface area contributed by atoms with Crippen LogP contribution in [0.2, 0.25) is 5.02 Å². The van der Waals surface area contributed by atoms with Gasteiger partial charge in [0.05, 0.1) is 24.3 Å². The molecule has 1 atom stereocenters. The Balaban J connectivity index is 1.79. The van der Waals surface area contributed by atoms with Crippen LogP contribution in [0.5, 0.6) is 11.5 Å². The number of hydrogen-bond donors (Lipinski definition) is 1. The Kier molecular flexibility index (Phi) is 5.96.